The second kappa shape index (κ2) is 3.66. The molecular weight excluding hydrogens is 263 g/mol. The zero-order valence-electron chi connectivity index (χ0n) is 7.92. The standard InChI is InChI=1S/C10H8BrFN2O/c1-5-9(11)10(14-15-5)7-4-6(12)2-3-8(7)13/h2-4H,13H2,1H3. The summed E-state index contributed by atoms with van der Waals surface area (Å²) in [5.41, 5.74) is 7.24. The molecule has 0 aliphatic rings. The van der Waals surface area contributed by atoms with E-state index in [1.54, 1.807) is 6.92 Å². The van der Waals surface area contributed by atoms with Crippen molar-refractivity contribution in [2.24, 2.45) is 0 Å². The third kappa shape index (κ3) is 1.74. The maximum Gasteiger partial charge on any atom is 0.148 e. The van der Waals surface area contributed by atoms with Crippen LogP contribution >= 0.6 is 15.9 Å². The Morgan fingerprint density at radius 2 is 2.20 bits per heavy atom. The lowest BCUT2D eigenvalue weighted by Crippen LogP contribution is -1.91. The minimum absolute atomic E-state index is 0.355. The number of nitrogens with two attached hydrogens (primary N) is 1. The molecule has 3 nitrogen and oxygen atoms in total. The fourth-order valence-electron chi connectivity index (χ4n) is 1.26. The molecule has 1 aromatic carbocycles. The molecule has 0 atom stereocenters. The summed E-state index contributed by atoms with van der Waals surface area (Å²) in [7, 11) is 0. The highest BCUT2D eigenvalue weighted by atomic mass is 79.9. The van der Waals surface area contributed by atoms with E-state index in [-0.39, 0.29) is 5.82 Å². The van der Waals surface area contributed by atoms with E-state index in [4.69, 9.17) is 10.3 Å². The average molecular weight is 271 g/mol. The highest BCUT2D eigenvalue weighted by Crippen LogP contribution is 2.33. The van der Waals surface area contributed by atoms with Crippen LogP contribution in [0.1, 0.15) is 5.76 Å². The molecule has 2 aromatic rings. The van der Waals surface area contributed by atoms with E-state index in [2.05, 4.69) is 21.1 Å². The van der Waals surface area contributed by atoms with Crippen molar-refractivity contribution in [2.45, 2.75) is 6.92 Å². The van der Waals surface area contributed by atoms with Gasteiger partial charge in [-0.2, -0.15) is 0 Å². The number of aromatic nitrogens is 1. The topological polar surface area (TPSA) is 52.0 Å². The lowest BCUT2D eigenvalue weighted by atomic mass is 10.1. The number of hydrogen-bond acceptors (Lipinski definition) is 3. The maximum atomic E-state index is 13.0. The van der Waals surface area contributed by atoms with Gasteiger partial charge < -0.3 is 10.3 Å². The predicted molar refractivity (Wildman–Crippen MR) is 58.7 cm³/mol. The molecule has 0 fully saturated rings. The van der Waals surface area contributed by atoms with E-state index in [0.717, 1.165) is 0 Å². The van der Waals surface area contributed by atoms with Gasteiger partial charge in [0.25, 0.3) is 0 Å². The van der Waals surface area contributed by atoms with Crippen molar-refractivity contribution in [3.05, 3.63) is 34.2 Å². The SMILES string of the molecule is Cc1onc(-c2cc(F)ccc2N)c1Br. The summed E-state index contributed by atoms with van der Waals surface area (Å²) in [5, 5.41) is 3.82. The number of rotatable bonds is 1. The molecule has 0 saturated heterocycles. The summed E-state index contributed by atoms with van der Waals surface area (Å²) in [6, 6.07) is 4.14. The van der Waals surface area contributed by atoms with Gasteiger partial charge in [-0.25, -0.2) is 4.39 Å². The van der Waals surface area contributed by atoms with Gasteiger partial charge in [0.15, 0.2) is 0 Å². The van der Waals surface area contributed by atoms with Crippen LogP contribution in [-0.4, -0.2) is 5.16 Å². The average Bonchev–Trinajstić information content (AvgIpc) is 2.52. The third-order valence-electron chi connectivity index (χ3n) is 2.06. The van der Waals surface area contributed by atoms with Crippen molar-refractivity contribution >= 4 is 21.6 Å². The molecule has 0 unspecified atom stereocenters. The molecule has 0 saturated carbocycles. The van der Waals surface area contributed by atoms with Gasteiger partial charge in [0.05, 0.1) is 4.47 Å². The number of halogens is 2. The second-order valence-corrected chi connectivity index (χ2v) is 3.93. The molecule has 15 heavy (non-hydrogen) atoms. The van der Waals surface area contributed by atoms with Gasteiger partial charge in [-0.15, -0.1) is 0 Å². The van der Waals surface area contributed by atoms with Gasteiger partial charge in [-0.3, -0.25) is 0 Å². The predicted octanol–water partition coefficient (Wildman–Crippen LogP) is 3.13. The van der Waals surface area contributed by atoms with Crippen molar-refractivity contribution in [3.8, 4) is 11.3 Å². The van der Waals surface area contributed by atoms with E-state index in [1.807, 2.05) is 0 Å². The van der Waals surface area contributed by atoms with E-state index in [0.29, 0.717) is 27.2 Å². The Morgan fingerprint density at radius 1 is 1.47 bits per heavy atom. The zero-order valence-corrected chi connectivity index (χ0v) is 9.51. The maximum absolute atomic E-state index is 13.0. The largest absolute Gasteiger partial charge is 0.398 e. The molecule has 0 aliphatic heterocycles. The van der Waals surface area contributed by atoms with Crippen LogP contribution in [0.3, 0.4) is 0 Å². The van der Waals surface area contributed by atoms with Crippen molar-refractivity contribution in [3.63, 3.8) is 0 Å². The summed E-state index contributed by atoms with van der Waals surface area (Å²) in [6.07, 6.45) is 0. The van der Waals surface area contributed by atoms with Gasteiger partial charge in [-0.05, 0) is 41.1 Å². The molecule has 2 N–H and O–H groups in total. The number of hydrogen-bond donors (Lipinski definition) is 1. The number of aryl methyl sites for hydroxylation is 1. The van der Waals surface area contributed by atoms with Gasteiger partial charge >= 0.3 is 0 Å². The van der Waals surface area contributed by atoms with E-state index in [9.17, 15) is 4.39 Å². The molecule has 0 spiro atoms. The molecule has 1 aromatic heterocycles. The molecule has 0 amide bonds. The monoisotopic (exact) mass is 270 g/mol. The van der Waals surface area contributed by atoms with E-state index in [1.165, 1.54) is 18.2 Å². The molecule has 0 bridgehead atoms. The first-order chi connectivity index (χ1) is 7.09. The Morgan fingerprint density at radius 3 is 2.80 bits per heavy atom. The Labute approximate surface area is 94.2 Å². The molecule has 78 valence electrons. The highest BCUT2D eigenvalue weighted by Gasteiger charge is 2.14. The fourth-order valence-corrected chi connectivity index (χ4v) is 1.62. The number of nitrogen functional groups attached to an aromatic ring is 1. The number of nitrogens with zero attached hydrogens (tertiary/aromatic N) is 1. The lowest BCUT2D eigenvalue weighted by Gasteiger charge is -2.01. The number of benzene rings is 1. The third-order valence-corrected chi connectivity index (χ3v) is 3.00. The van der Waals surface area contributed by atoms with Crippen LogP contribution in [0, 0.1) is 12.7 Å². The van der Waals surface area contributed by atoms with Gasteiger partial charge in [0, 0.05) is 11.3 Å². The van der Waals surface area contributed by atoms with Crippen LogP contribution in [0.15, 0.2) is 27.2 Å². The molecule has 2 rings (SSSR count). The summed E-state index contributed by atoms with van der Waals surface area (Å²) < 4.78 is 18.7. The summed E-state index contributed by atoms with van der Waals surface area (Å²) in [6.45, 7) is 1.76. The first kappa shape index (κ1) is 10.2. The fraction of sp³-hybridized carbons (Fsp3) is 0.100. The molecular formula is C10H8BrFN2O. The van der Waals surface area contributed by atoms with Gasteiger partial charge in [0.2, 0.25) is 0 Å². The summed E-state index contributed by atoms with van der Waals surface area (Å²) in [5.74, 6) is 0.278. The second-order valence-electron chi connectivity index (χ2n) is 3.13. The minimum Gasteiger partial charge on any atom is -0.398 e. The van der Waals surface area contributed by atoms with E-state index < -0.39 is 0 Å². The molecule has 1 heterocycles. The molecule has 0 radical (unpaired) electrons. The van der Waals surface area contributed by atoms with Crippen molar-refractivity contribution < 1.29 is 8.91 Å². The van der Waals surface area contributed by atoms with Crippen molar-refractivity contribution in [1.82, 2.24) is 5.16 Å². The van der Waals surface area contributed by atoms with Crippen LogP contribution in [0.5, 0.6) is 0 Å². The first-order valence-corrected chi connectivity index (χ1v) is 5.06. The molecule has 5 heteroatoms. The van der Waals surface area contributed by atoms with Crippen LogP contribution in [0.4, 0.5) is 10.1 Å². The van der Waals surface area contributed by atoms with Gasteiger partial charge in [0.1, 0.15) is 17.3 Å². The highest BCUT2D eigenvalue weighted by molar-refractivity contribution is 9.10. The Bertz CT molecular complexity index is 510. The Kier molecular flexibility index (Phi) is 2.48. The smallest absolute Gasteiger partial charge is 0.148 e. The van der Waals surface area contributed by atoms with Crippen molar-refractivity contribution in [1.29, 1.82) is 0 Å². The Hall–Kier alpha value is -1.36. The normalized spacial score (nSPS) is 10.6. The lowest BCUT2D eigenvalue weighted by molar-refractivity contribution is 0.399. The van der Waals surface area contributed by atoms with Crippen LogP contribution < -0.4 is 5.73 Å². The van der Waals surface area contributed by atoms with Crippen LogP contribution in [-0.2, 0) is 0 Å². The quantitative estimate of drug-likeness (QED) is 0.810. The zero-order chi connectivity index (χ0) is 11.0. The Balaban J connectivity index is 2.63. The molecule has 0 aliphatic carbocycles. The van der Waals surface area contributed by atoms with Crippen LogP contribution in [0.25, 0.3) is 11.3 Å². The summed E-state index contributed by atoms with van der Waals surface area (Å²) in [4.78, 5) is 0. The number of anilines is 1. The summed E-state index contributed by atoms with van der Waals surface area (Å²) >= 11 is 3.31. The minimum atomic E-state index is -0.355. The van der Waals surface area contributed by atoms with Crippen molar-refractivity contribution in [2.75, 3.05) is 5.73 Å². The van der Waals surface area contributed by atoms with Crippen LogP contribution in [0.2, 0.25) is 0 Å². The first-order valence-electron chi connectivity index (χ1n) is 4.26. The van der Waals surface area contributed by atoms with E-state index >= 15 is 0 Å². The van der Waals surface area contributed by atoms with Gasteiger partial charge in [-0.1, -0.05) is 5.16 Å².